The van der Waals surface area contributed by atoms with E-state index in [4.69, 9.17) is 9.31 Å². The summed E-state index contributed by atoms with van der Waals surface area (Å²) in [5.74, 6) is 0.647. The van der Waals surface area contributed by atoms with E-state index >= 15 is 0 Å². The molecule has 2 bridgehead atoms. The average molecular weight is 349 g/mol. The Morgan fingerprint density at radius 1 is 1.28 bits per heavy atom. The average Bonchev–Trinajstić information content (AvgIpc) is 3.06. The molecule has 5 nitrogen and oxygen atoms in total. The topological polar surface area (TPSA) is 67.8 Å². The Kier molecular flexibility index (Phi) is 4.06. The van der Waals surface area contributed by atoms with Gasteiger partial charge >= 0.3 is 13.1 Å². The SMILES string of the molecule is CC1(CCCB2OC3CC4CC(C4(C)C)C3(C)O2)CCNC1C(=O)O. The number of nitrogens with one attached hydrogen (secondary N) is 1. The highest BCUT2D eigenvalue weighted by Crippen LogP contribution is 2.65. The van der Waals surface area contributed by atoms with Crippen molar-refractivity contribution >= 4 is 13.1 Å². The number of rotatable bonds is 5. The summed E-state index contributed by atoms with van der Waals surface area (Å²) in [5.41, 5.74) is 0.0806. The van der Waals surface area contributed by atoms with Crippen LogP contribution >= 0.6 is 0 Å². The molecule has 140 valence electrons. The van der Waals surface area contributed by atoms with Gasteiger partial charge in [0.15, 0.2) is 0 Å². The molecule has 0 aromatic heterocycles. The first kappa shape index (κ1) is 17.8. The summed E-state index contributed by atoms with van der Waals surface area (Å²) in [7, 11) is -0.119. The first-order valence-corrected chi connectivity index (χ1v) is 9.96. The van der Waals surface area contributed by atoms with E-state index in [1.54, 1.807) is 0 Å². The fourth-order valence-electron chi connectivity index (χ4n) is 6.30. The van der Waals surface area contributed by atoms with E-state index in [2.05, 4.69) is 33.0 Å². The van der Waals surface area contributed by atoms with Crippen LogP contribution in [0, 0.1) is 22.7 Å². The molecule has 0 amide bonds. The van der Waals surface area contributed by atoms with Crippen molar-refractivity contribution in [2.24, 2.45) is 22.7 Å². The van der Waals surface area contributed by atoms with Gasteiger partial charge in [-0.2, -0.15) is 0 Å². The quantitative estimate of drug-likeness (QED) is 0.747. The van der Waals surface area contributed by atoms with Crippen LogP contribution in [0.25, 0.3) is 0 Å². The summed E-state index contributed by atoms with van der Waals surface area (Å²) in [4.78, 5) is 11.4. The smallest absolute Gasteiger partial charge is 0.457 e. The number of hydrogen-bond donors (Lipinski definition) is 2. The molecule has 5 aliphatic rings. The van der Waals surface area contributed by atoms with Crippen LogP contribution in [0.2, 0.25) is 6.32 Å². The number of carboxylic acid groups (broad SMARTS) is 1. The van der Waals surface area contributed by atoms with Crippen LogP contribution in [-0.4, -0.2) is 42.5 Å². The fourth-order valence-corrected chi connectivity index (χ4v) is 6.30. The highest BCUT2D eigenvalue weighted by atomic mass is 16.7. The van der Waals surface area contributed by atoms with E-state index in [1.165, 1.54) is 6.42 Å². The zero-order valence-corrected chi connectivity index (χ0v) is 16.0. The van der Waals surface area contributed by atoms with Crippen LogP contribution < -0.4 is 5.32 Å². The van der Waals surface area contributed by atoms with Gasteiger partial charge in [-0.05, 0) is 68.1 Å². The van der Waals surface area contributed by atoms with Crippen molar-refractivity contribution in [1.82, 2.24) is 5.32 Å². The van der Waals surface area contributed by atoms with Gasteiger partial charge in [0, 0.05) is 0 Å². The molecule has 2 aliphatic heterocycles. The van der Waals surface area contributed by atoms with E-state index in [9.17, 15) is 9.90 Å². The van der Waals surface area contributed by atoms with E-state index in [-0.39, 0.29) is 24.2 Å². The summed E-state index contributed by atoms with van der Waals surface area (Å²) in [6, 6.07) is -0.425. The van der Waals surface area contributed by atoms with E-state index in [0.29, 0.717) is 11.3 Å². The van der Waals surface area contributed by atoms with Gasteiger partial charge in [-0.3, -0.25) is 4.79 Å². The van der Waals surface area contributed by atoms with Gasteiger partial charge in [-0.1, -0.05) is 27.2 Å². The van der Waals surface area contributed by atoms with Crippen molar-refractivity contribution in [3.8, 4) is 0 Å². The predicted molar refractivity (Wildman–Crippen MR) is 96.3 cm³/mol. The maximum Gasteiger partial charge on any atom is 0.457 e. The molecule has 6 heteroatoms. The van der Waals surface area contributed by atoms with Crippen molar-refractivity contribution in [1.29, 1.82) is 0 Å². The first-order valence-electron chi connectivity index (χ1n) is 9.96. The molecular formula is C19H32BNO4. The van der Waals surface area contributed by atoms with E-state index in [1.807, 2.05) is 0 Å². The molecule has 2 N–H and O–H groups in total. The molecule has 0 aromatic rings. The third kappa shape index (κ3) is 2.59. The molecule has 6 unspecified atom stereocenters. The van der Waals surface area contributed by atoms with Crippen LogP contribution in [0.4, 0.5) is 0 Å². The second-order valence-corrected chi connectivity index (χ2v) is 9.92. The normalized spacial score (nSPS) is 47.4. The van der Waals surface area contributed by atoms with Gasteiger partial charge in [-0.15, -0.1) is 0 Å². The summed E-state index contributed by atoms with van der Waals surface area (Å²) in [5, 5.41) is 12.5. The van der Waals surface area contributed by atoms with Crippen LogP contribution in [0.3, 0.4) is 0 Å². The lowest BCUT2D eigenvalue weighted by Crippen LogP contribution is -2.65. The van der Waals surface area contributed by atoms with E-state index in [0.717, 1.165) is 44.5 Å². The Labute approximate surface area is 151 Å². The molecule has 25 heavy (non-hydrogen) atoms. The highest BCUT2D eigenvalue weighted by molar-refractivity contribution is 6.45. The fraction of sp³-hybridized carbons (Fsp3) is 0.947. The van der Waals surface area contributed by atoms with Crippen molar-refractivity contribution in [3.05, 3.63) is 0 Å². The molecule has 3 aliphatic carbocycles. The number of aliphatic carboxylic acids is 1. The maximum atomic E-state index is 11.4. The number of carboxylic acids is 1. The lowest BCUT2D eigenvalue weighted by molar-refractivity contribution is -0.199. The molecule has 0 radical (unpaired) electrons. The Balaban J connectivity index is 1.33. The number of hydrogen-bond acceptors (Lipinski definition) is 4. The van der Waals surface area contributed by atoms with Gasteiger partial charge in [-0.25, -0.2) is 0 Å². The second kappa shape index (κ2) is 5.70. The standard InChI is InChI=1S/C19H32BNO4/c1-17(2)12-10-13(17)19(4)14(11-12)24-20(25-19)8-5-6-18(3)7-9-21-15(18)16(22)23/h12-15,21H,5-11H2,1-4H3,(H,22,23). The third-order valence-corrected chi connectivity index (χ3v) is 8.18. The maximum absolute atomic E-state index is 11.4. The van der Waals surface area contributed by atoms with Crippen molar-refractivity contribution in [2.45, 2.75) is 83.9 Å². The molecule has 2 heterocycles. The lowest BCUT2D eigenvalue weighted by atomic mass is 9.43. The number of carbonyl (C=O) groups is 1. The van der Waals surface area contributed by atoms with Crippen LogP contribution in [0.5, 0.6) is 0 Å². The summed E-state index contributed by atoms with van der Waals surface area (Å²) < 4.78 is 12.7. The Morgan fingerprint density at radius 3 is 2.72 bits per heavy atom. The Hall–Kier alpha value is -0.585. The van der Waals surface area contributed by atoms with Gasteiger partial charge in [0.05, 0.1) is 11.7 Å². The zero-order chi connectivity index (χ0) is 18.0. The molecule has 0 spiro atoms. The van der Waals surface area contributed by atoms with Gasteiger partial charge < -0.3 is 19.7 Å². The van der Waals surface area contributed by atoms with Gasteiger partial charge in [0.25, 0.3) is 0 Å². The molecule has 5 rings (SSSR count). The summed E-state index contributed by atoms with van der Waals surface area (Å²) in [6.07, 6.45) is 6.29. The molecule has 6 atom stereocenters. The van der Waals surface area contributed by atoms with Gasteiger partial charge in [0.2, 0.25) is 0 Å². The van der Waals surface area contributed by atoms with Crippen LogP contribution in [0.1, 0.15) is 59.8 Å². The molecule has 3 saturated carbocycles. The highest BCUT2D eigenvalue weighted by Gasteiger charge is 2.67. The van der Waals surface area contributed by atoms with Crippen molar-refractivity contribution in [3.63, 3.8) is 0 Å². The zero-order valence-electron chi connectivity index (χ0n) is 16.0. The monoisotopic (exact) mass is 349 g/mol. The third-order valence-electron chi connectivity index (χ3n) is 8.18. The predicted octanol–water partition coefficient (Wildman–Crippen LogP) is 2.95. The lowest BCUT2D eigenvalue weighted by Gasteiger charge is -2.64. The first-order chi connectivity index (χ1) is 11.7. The van der Waals surface area contributed by atoms with Crippen LogP contribution in [0.15, 0.2) is 0 Å². The minimum atomic E-state index is -0.728. The molecular weight excluding hydrogens is 317 g/mol. The van der Waals surface area contributed by atoms with Crippen molar-refractivity contribution < 1.29 is 19.2 Å². The minimum absolute atomic E-state index is 0.119. The summed E-state index contributed by atoms with van der Waals surface area (Å²) >= 11 is 0. The van der Waals surface area contributed by atoms with Crippen LogP contribution in [-0.2, 0) is 14.1 Å². The largest absolute Gasteiger partial charge is 0.480 e. The Bertz CT molecular complexity index is 570. The Morgan fingerprint density at radius 2 is 2.04 bits per heavy atom. The molecule has 0 aromatic carbocycles. The molecule has 2 saturated heterocycles. The van der Waals surface area contributed by atoms with E-state index < -0.39 is 12.0 Å². The molecule has 5 fully saturated rings. The van der Waals surface area contributed by atoms with Gasteiger partial charge in [0.1, 0.15) is 6.04 Å². The van der Waals surface area contributed by atoms with Crippen molar-refractivity contribution in [2.75, 3.05) is 6.54 Å². The minimum Gasteiger partial charge on any atom is -0.480 e. The summed E-state index contributed by atoms with van der Waals surface area (Å²) in [6.45, 7) is 9.90. The second-order valence-electron chi connectivity index (χ2n) is 9.92.